The Morgan fingerprint density at radius 3 is 2.47 bits per heavy atom. The van der Waals surface area contributed by atoms with E-state index in [0.29, 0.717) is 65.4 Å². The number of ether oxygens (including phenoxy) is 2. The first-order valence-electron chi connectivity index (χ1n) is 20.1. The number of hydrogen-bond acceptors (Lipinski definition) is 6. The lowest BCUT2D eigenvalue weighted by molar-refractivity contribution is -0.219. The lowest BCUT2D eigenvalue weighted by atomic mass is 9.33. The number of rotatable bonds is 7. The fourth-order valence-electron chi connectivity index (χ4n) is 14.0. The third kappa shape index (κ3) is 5.32. The van der Waals surface area contributed by atoms with Crippen LogP contribution in [0.15, 0.2) is 53.8 Å². The standard InChI is InChI=1S/C45H63N3O3/c1-9-50-39(49)44(28-51-38-31(27-46)11-10-26-48-38)21-14-30(15-22-44)33-17-19-41(6)35(40(33,4)5)18-20-43(8)36(41)13-12-34-37-32(29(2)3)16-23-45(37,47)25-24-42(34,43)7/h10-11,14,17,26,32,34-37H,2,9,12-13,15-16,18-25,28,47H2,1,3-8H3/t32-,34+,35?,36?,37?,41-,42+,43+,44-,45-/m0/s1. The summed E-state index contributed by atoms with van der Waals surface area (Å²) in [6, 6.07) is 5.57. The summed E-state index contributed by atoms with van der Waals surface area (Å²) in [5.41, 5.74) is 12.0. The van der Waals surface area contributed by atoms with Crippen molar-refractivity contribution < 1.29 is 14.3 Å². The lowest BCUT2D eigenvalue weighted by Gasteiger charge is -2.72. The van der Waals surface area contributed by atoms with Crippen molar-refractivity contribution in [3.8, 4) is 11.9 Å². The molecule has 0 bridgehead atoms. The molecule has 7 rings (SSSR count). The van der Waals surface area contributed by atoms with Gasteiger partial charge in [-0.05, 0) is 165 Å². The normalized spacial score (nSPS) is 42.5. The van der Waals surface area contributed by atoms with Gasteiger partial charge in [0.05, 0.1) is 6.61 Å². The molecule has 2 N–H and O–H groups in total. The van der Waals surface area contributed by atoms with E-state index in [9.17, 15) is 10.1 Å². The Kier molecular flexibility index (Phi) is 9.01. The number of allylic oxidation sites excluding steroid dienone is 5. The van der Waals surface area contributed by atoms with Crippen molar-refractivity contribution in [1.82, 2.24) is 4.98 Å². The summed E-state index contributed by atoms with van der Waals surface area (Å²) in [6.45, 7) is 22.1. The van der Waals surface area contributed by atoms with Crippen LogP contribution in [0.2, 0.25) is 0 Å². The summed E-state index contributed by atoms with van der Waals surface area (Å²) in [6.07, 6.45) is 19.7. The van der Waals surface area contributed by atoms with Gasteiger partial charge in [0.15, 0.2) is 0 Å². The molecule has 1 aromatic heterocycles. The van der Waals surface area contributed by atoms with Crippen molar-refractivity contribution in [3.63, 3.8) is 0 Å². The molecule has 6 heteroatoms. The molecule has 0 aromatic carbocycles. The Morgan fingerprint density at radius 2 is 1.78 bits per heavy atom. The van der Waals surface area contributed by atoms with Gasteiger partial charge in [-0.3, -0.25) is 4.79 Å². The molecular weight excluding hydrogens is 631 g/mol. The van der Waals surface area contributed by atoms with E-state index >= 15 is 0 Å². The Bertz CT molecular complexity index is 1690. The average molecular weight is 694 g/mol. The zero-order valence-corrected chi connectivity index (χ0v) is 32.6. The molecule has 51 heavy (non-hydrogen) atoms. The van der Waals surface area contributed by atoms with Crippen LogP contribution >= 0.6 is 0 Å². The van der Waals surface area contributed by atoms with Crippen LogP contribution in [0.5, 0.6) is 5.88 Å². The van der Waals surface area contributed by atoms with Gasteiger partial charge in [-0.1, -0.05) is 58.9 Å². The van der Waals surface area contributed by atoms with Gasteiger partial charge in [-0.15, -0.1) is 0 Å². The van der Waals surface area contributed by atoms with Crippen LogP contribution in [0, 0.1) is 68.0 Å². The number of hydrogen-bond donors (Lipinski definition) is 1. The molecule has 276 valence electrons. The Balaban J connectivity index is 1.15. The number of esters is 1. The van der Waals surface area contributed by atoms with Crippen molar-refractivity contribution in [1.29, 1.82) is 5.26 Å². The summed E-state index contributed by atoms with van der Waals surface area (Å²) in [5.74, 6) is 3.18. The van der Waals surface area contributed by atoms with Crippen LogP contribution < -0.4 is 10.5 Å². The van der Waals surface area contributed by atoms with Gasteiger partial charge in [0.25, 0.3) is 0 Å². The highest BCUT2D eigenvalue weighted by atomic mass is 16.5. The molecule has 4 saturated carbocycles. The summed E-state index contributed by atoms with van der Waals surface area (Å²) in [5, 5.41) is 9.57. The second-order valence-corrected chi connectivity index (χ2v) is 19.2. The van der Waals surface area contributed by atoms with Crippen LogP contribution in [0.25, 0.3) is 0 Å². The molecule has 0 radical (unpaired) electrons. The fraction of sp³-hybridized carbons (Fsp3) is 0.711. The van der Waals surface area contributed by atoms with E-state index in [-0.39, 0.29) is 34.8 Å². The van der Waals surface area contributed by atoms with Crippen molar-refractivity contribution >= 4 is 5.97 Å². The largest absolute Gasteiger partial charge is 0.475 e. The minimum Gasteiger partial charge on any atom is -0.475 e. The second-order valence-electron chi connectivity index (χ2n) is 19.2. The van der Waals surface area contributed by atoms with Gasteiger partial charge in [0.1, 0.15) is 23.7 Å². The molecule has 0 amide bonds. The van der Waals surface area contributed by atoms with Crippen molar-refractivity contribution in [2.24, 2.45) is 62.4 Å². The number of carbonyl (C=O) groups excluding carboxylic acids is 1. The van der Waals surface area contributed by atoms with E-state index in [1.54, 1.807) is 18.3 Å². The van der Waals surface area contributed by atoms with E-state index in [2.05, 4.69) is 71.3 Å². The minimum atomic E-state index is -0.804. The maximum atomic E-state index is 13.5. The highest BCUT2D eigenvalue weighted by Crippen LogP contribution is 2.76. The molecule has 0 spiro atoms. The predicted octanol–water partition coefficient (Wildman–Crippen LogP) is 9.90. The van der Waals surface area contributed by atoms with Crippen LogP contribution in [0.4, 0.5) is 0 Å². The van der Waals surface area contributed by atoms with Crippen LogP contribution in [-0.4, -0.2) is 29.7 Å². The topological polar surface area (TPSA) is 98.2 Å². The summed E-state index contributed by atoms with van der Waals surface area (Å²) >= 11 is 0. The van der Waals surface area contributed by atoms with Gasteiger partial charge < -0.3 is 15.2 Å². The minimum absolute atomic E-state index is 0.00865. The molecule has 0 saturated heterocycles. The van der Waals surface area contributed by atoms with E-state index in [1.807, 2.05) is 6.92 Å². The Morgan fingerprint density at radius 1 is 1.00 bits per heavy atom. The molecule has 4 fully saturated rings. The van der Waals surface area contributed by atoms with Gasteiger partial charge >= 0.3 is 5.97 Å². The van der Waals surface area contributed by atoms with Crippen molar-refractivity contribution in [3.05, 3.63) is 59.3 Å². The molecule has 6 aliphatic rings. The number of aromatic nitrogens is 1. The number of pyridine rings is 1. The number of fused-ring (bicyclic) bond motifs is 7. The van der Waals surface area contributed by atoms with E-state index in [0.717, 1.165) is 12.8 Å². The maximum Gasteiger partial charge on any atom is 0.315 e. The van der Waals surface area contributed by atoms with Gasteiger partial charge in [0.2, 0.25) is 5.88 Å². The first kappa shape index (κ1) is 36.4. The lowest BCUT2D eigenvalue weighted by Crippen LogP contribution is -2.67. The van der Waals surface area contributed by atoms with Crippen molar-refractivity contribution in [2.75, 3.05) is 13.2 Å². The number of nitriles is 1. The summed E-state index contributed by atoms with van der Waals surface area (Å²) < 4.78 is 11.7. The average Bonchev–Trinajstić information content (AvgIpc) is 3.46. The van der Waals surface area contributed by atoms with E-state index in [1.165, 1.54) is 68.1 Å². The molecule has 1 heterocycles. The number of carbonyl (C=O) groups is 1. The molecular formula is C45H63N3O3. The second kappa shape index (κ2) is 12.6. The summed E-state index contributed by atoms with van der Waals surface area (Å²) in [4.78, 5) is 17.8. The first-order valence-corrected chi connectivity index (χ1v) is 20.1. The van der Waals surface area contributed by atoms with Gasteiger partial charge in [0, 0.05) is 11.7 Å². The zero-order chi connectivity index (χ0) is 36.6. The third-order valence-corrected chi connectivity index (χ3v) is 16.8. The highest BCUT2D eigenvalue weighted by Gasteiger charge is 2.70. The molecule has 1 aromatic rings. The summed E-state index contributed by atoms with van der Waals surface area (Å²) in [7, 11) is 0. The highest BCUT2D eigenvalue weighted by molar-refractivity contribution is 5.78. The first-order chi connectivity index (χ1) is 24.1. The van der Waals surface area contributed by atoms with Crippen LogP contribution in [-0.2, 0) is 9.53 Å². The Hall–Kier alpha value is -2.91. The quantitative estimate of drug-likeness (QED) is 0.226. The molecule has 0 aliphatic heterocycles. The van der Waals surface area contributed by atoms with Crippen molar-refractivity contribution in [2.45, 2.75) is 131 Å². The fourth-order valence-corrected chi connectivity index (χ4v) is 14.0. The van der Waals surface area contributed by atoms with Gasteiger partial charge in [-0.2, -0.15) is 5.26 Å². The van der Waals surface area contributed by atoms with E-state index < -0.39 is 5.41 Å². The van der Waals surface area contributed by atoms with Gasteiger partial charge in [-0.25, -0.2) is 4.98 Å². The molecule has 6 nitrogen and oxygen atoms in total. The maximum absolute atomic E-state index is 13.5. The zero-order valence-electron chi connectivity index (χ0n) is 32.6. The monoisotopic (exact) mass is 693 g/mol. The predicted molar refractivity (Wildman–Crippen MR) is 202 cm³/mol. The number of nitrogens with two attached hydrogens (primary N) is 1. The third-order valence-electron chi connectivity index (χ3n) is 16.8. The molecule has 10 atom stereocenters. The van der Waals surface area contributed by atoms with E-state index in [4.69, 9.17) is 15.2 Å². The SMILES string of the molecule is C=C(C)[C@@H]1CC[C@]2(N)CC[C@]3(C)[C@H](CCC4[C@@]5(C)CC=C(C6=CC[C@](COc7ncccc7C#N)(C(=O)OCC)CC6)C(C)(C)C5CC[C@]43C)C12. The Labute approximate surface area is 307 Å². The molecule has 6 aliphatic carbocycles. The molecule has 3 unspecified atom stereocenters. The van der Waals surface area contributed by atoms with Crippen LogP contribution in [0.1, 0.15) is 131 Å². The van der Waals surface area contributed by atoms with Crippen LogP contribution in [0.3, 0.4) is 0 Å². The number of nitrogens with zero attached hydrogens (tertiary/aromatic N) is 2. The smallest absolute Gasteiger partial charge is 0.315 e.